The van der Waals surface area contributed by atoms with Crippen LogP contribution >= 0.6 is 0 Å². The second-order valence-electron chi connectivity index (χ2n) is 13.6. The first-order valence-electron chi connectivity index (χ1n) is 17.6. The number of hydrogen-bond acceptors (Lipinski definition) is 2. The van der Waals surface area contributed by atoms with E-state index in [4.69, 9.17) is 4.42 Å². The summed E-state index contributed by atoms with van der Waals surface area (Å²) >= 11 is 0. The maximum atomic E-state index is 6.35. The Bertz CT molecular complexity index is 2780. The molecule has 0 radical (unpaired) electrons. The molecule has 0 atom stereocenters. The van der Waals surface area contributed by atoms with Gasteiger partial charge in [0.25, 0.3) is 0 Å². The standard InChI is InChI=1S/C49H31NO/c1-2-15-32(16-3-1)50(45-26-12-7-20-37(45)38-22-14-28-47-48(38)39-21-8-13-27-46(39)51-47)33-29-30-44-40(31-33)36-19-6-11-25-43(36)49(44)41-23-9-4-17-34(41)35-18-5-10-24-42(35)49/h1-31H. The van der Waals surface area contributed by atoms with Gasteiger partial charge in [-0.15, -0.1) is 0 Å². The summed E-state index contributed by atoms with van der Waals surface area (Å²) in [5.74, 6) is 0. The van der Waals surface area contributed by atoms with Crippen molar-refractivity contribution in [1.82, 2.24) is 0 Å². The lowest BCUT2D eigenvalue weighted by atomic mass is 9.70. The van der Waals surface area contributed by atoms with Gasteiger partial charge in [0.05, 0.1) is 11.1 Å². The van der Waals surface area contributed by atoms with Gasteiger partial charge in [0.2, 0.25) is 0 Å². The van der Waals surface area contributed by atoms with Crippen molar-refractivity contribution in [2.75, 3.05) is 4.90 Å². The molecule has 2 heteroatoms. The molecule has 238 valence electrons. The number of nitrogens with zero attached hydrogens (tertiary/aromatic N) is 1. The van der Waals surface area contributed by atoms with Crippen molar-refractivity contribution in [2.24, 2.45) is 0 Å². The summed E-state index contributed by atoms with van der Waals surface area (Å²) in [5.41, 5.74) is 17.7. The van der Waals surface area contributed by atoms with E-state index in [0.717, 1.165) is 50.1 Å². The highest BCUT2D eigenvalue weighted by Gasteiger charge is 2.51. The average molecular weight is 650 g/mol. The monoisotopic (exact) mass is 649 g/mol. The van der Waals surface area contributed by atoms with E-state index in [9.17, 15) is 0 Å². The Morgan fingerprint density at radius 3 is 1.61 bits per heavy atom. The Balaban J connectivity index is 1.17. The fourth-order valence-electron chi connectivity index (χ4n) is 9.13. The smallest absolute Gasteiger partial charge is 0.136 e. The molecule has 2 aliphatic carbocycles. The highest BCUT2D eigenvalue weighted by molar-refractivity contribution is 6.14. The van der Waals surface area contributed by atoms with Crippen molar-refractivity contribution in [2.45, 2.75) is 5.41 Å². The van der Waals surface area contributed by atoms with Gasteiger partial charge in [-0.2, -0.15) is 0 Å². The van der Waals surface area contributed by atoms with Crippen molar-refractivity contribution in [3.63, 3.8) is 0 Å². The largest absolute Gasteiger partial charge is 0.456 e. The lowest BCUT2D eigenvalue weighted by molar-refractivity contribution is 0.669. The SMILES string of the molecule is c1ccc(N(c2ccc3c(c2)-c2ccccc2C32c3ccccc3-c3ccccc32)c2ccccc2-c2cccc3oc4ccccc4c23)cc1. The molecule has 0 bridgehead atoms. The minimum Gasteiger partial charge on any atom is -0.456 e. The number of benzene rings is 8. The van der Waals surface area contributed by atoms with E-state index in [1.165, 1.54) is 44.5 Å². The van der Waals surface area contributed by atoms with Crippen LogP contribution in [0.5, 0.6) is 0 Å². The van der Waals surface area contributed by atoms with Gasteiger partial charge in [-0.1, -0.05) is 146 Å². The zero-order valence-corrected chi connectivity index (χ0v) is 27.8. The summed E-state index contributed by atoms with van der Waals surface area (Å²) in [4.78, 5) is 2.42. The van der Waals surface area contributed by atoms with Gasteiger partial charge >= 0.3 is 0 Å². The second-order valence-corrected chi connectivity index (χ2v) is 13.6. The van der Waals surface area contributed by atoms with Gasteiger partial charge in [0, 0.05) is 27.7 Å². The molecular weight excluding hydrogens is 619 g/mol. The third-order valence-corrected chi connectivity index (χ3v) is 11.1. The minimum absolute atomic E-state index is 0.370. The molecule has 0 fully saturated rings. The van der Waals surface area contributed by atoms with E-state index < -0.39 is 0 Å². The molecule has 0 unspecified atom stereocenters. The Morgan fingerprint density at radius 1 is 0.353 bits per heavy atom. The molecule has 1 spiro atoms. The lowest BCUT2D eigenvalue weighted by Gasteiger charge is -2.31. The Morgan fingerprint density at radius 2 is 0.882 bits per heavy atom. The van der Waals surface area contributed by atoms with Crippen LogP contribution in [0.15, 0.2) is 192 Å². The van der Waals surface area contributed by atoms with E-state index in [-0.39, 0.29) is 5.41 Å². The molecule has 11 rings (SSSR count). The van der Waals surface area contributed by atoms with Gasteiger partial charge < -0.3 is 9.32 Å². The molecule has 0 N–H and O–H groups in total. The van der Waals surface area contributed by atoms with Crippen LogP contribution in [-0.2, 0) is 5.41 Å². The number of fused-ring (bicyclic) bond motifs is 13. The van der Waals surface area contributed by atoms with Crippen molar-refractivity contribution >= 4 is 39.0 Å². The van der Waals surface area contributed by atoms with Crippen molar-refractivity contribution in [3.05, 3.63) is 210 Å². The van der Waals surface area contributed by atoms with Gasteiger partial charge in [-0.25, -0.2) is 0 Å². The number of anilines is 3. The fourth-order valence-corrected chi connectivity index (χ4v) is 9.13. The van der Waals surface area contributed by atoms with Gasteiger partial charge in [-0.05, 0) is 92.5 Å². The Labute approximate surface area is 296 Å². The molecule has 2 aliphatic rings. The first kappa shape index (κ1) is 28.2. The summed E-state index contributed by atoms with van der Waals surface area (Å²) in [7, 11) is 0. The highest BCUT2D eigenvalue weighted by Crippen LogP contribution is 2.63. The Hall–Kier alpha value is -6.64. The van der Waals surface area contributed by atoms with Crippen molar-refractivity contribution < 1.29 is 4.42 Å². The van der Waals surface area contributed by atoms with Crippen LogP contribution in [0.3, 0.4) is 0 Å². The molecular formula is C49H31NO. The Kier molecular flexibility index (Phi) is 5.91. The average Bonchev–Trinajstić information content (AvgIpc) is 3.83. The molecule has 2 nitrogen and oxygen atoms in total. The number of hydrogen-bond donors (Lipinski definition) is 0. The van der Waals surface area contributed by atoms with E-state index >= 15 is 0 Å². The van der Waals surface area contributed by atoms with Crippen LogP contribution in [0.4, 0.5) is 17.1 Å². The maximum absolute atomic E-state index is 6.35. The van der Waals surface area contributed by atoms with Crippen LogP contribution in [0.25, 0.3) is 55.3 Å². The lowest BCUT2D eigenvalue weighted by Crippen LogP contribution is -2.25. The second kappa shape index (κ2) is 10.7. The van der Waals surface area contributed by atoms with E-state index in [2.05, 4.69) is 187 Å². The quantitative estimate of drug-likeness (QED) is 0.189. The maximum Gasteiger partial charge on any atom is 0.136 e. The van der Waals surface area contributed by atoms with E-state index in [1.54, 1.807) is 0 Å². The van der Waals surface area contributed by atoms with Crippen LogP contribution < -0.4 is 4.90 Å². The van der Waals surface area contributed by atoms with Crippen LogP contribution in [-0.4, -0.2) is 0 Å². The third-order valence-electron chi connectivity index (χ3n) is 11.1. The fraction of sp³-hybridized carbons (Fsp3) is 0.0204. The predicted octanol–water partition coefficient (Wildman–Crippen LogP) is 13.1. The molecule has 1 aromatic heterocycles. The molecule has 9 aromatic rings. The normalized spacial score (nSPS) is 13.3. The highest BCUT2D eigenvalue weighted by atomic mass is 16.3. The zero-order valence-electron chi connectivity index (χ0n) is 27.8. The number of furan rings is 1. The molecule has 51 heavy (non-hydrogen) atoms. The number of para-hydroxylation sites is 3. The first-order chi connectivity index (χ1) is 25.3. The third kappa shape index (κ3) is 3.82. The summed E-state index contributed by atoms with van der Waals surface area (Å²) in [6, 6.07) is 68.4. The van der Waals surface area contributed by atoms with Gasteiger partial charge in [0.1, 0.15) is 11.2 Å². The van der Waals surface area contributed by atoms with Crippen molar-refractivity contribution in [1.29, 1.82) is 0 Å². The number of rotatable bonds is 4. The summed E-state index contributed by atoms with van der Waals surface area (Å²) < 4.78 is 6.35. The van der Waals surface area contributed by atoms with Crippen LogP contribution in [0, 0.1) is 0 Å². The molecule has 8 aromatic carbocycles. The molecule has 0 amide bonds. The summed E-state index contributed by atoms with van der Waals surface area (Å²) in [6.07, 6.45) is 0. The minimum atomic E-state index is -0.370. The zero-order chi connectivity index (χ0) is 33.5. The van der Waals surface area contributed by atoms with E-state index in [1.807, 2.05) is 6.07 Å². The van der Waals surface area contributed by atoms with Gasteiger partial charge in [-0.3, -0.25) is 0 Å². The van der Waals surface area contributed by atoms with E-state index in [0.29, 0.717) is 0 Å². The molecule has 1 heterocycles. The summed E-state index contributed by atoms with van der Waals surface area (Å²) in [5, 5.41) is 2.26. The predicted molar refractivity (Wildman–Crippen MR) is 210 cm³/mol. The first-order valence-corrected chi connectivity index (χ1v) is 17.6. The summed E-state index contributed by atoms with van der Waals surface area (Å²) in [6.45, 7) is 0. The van der Waals surface area contributed by atoms with Crippen molar-refractivity contribution in [3.8, 4) is 33.4 Å². The topological polar surface area (TPSA) is 16.4 Å². The van der Waals surface area contributed by atoms with Crippen LogP contribution in [0.1, 0.15) is 22.3 Å². The van der Waals surface area contributed by atoms with Crippen LogP contribution in [0.2, 0.25) is 0 Å². The molecule has 0 aliphatic heterocycles. The van der Waals surface area contributed by atoms with Gasteiger partial charge in [0.15, 0.2) is 0 Å². The molecule has 0 saturated carbocycles. The molecule has 0 saturated heterocycles.